The Hall–Kier alpha value is 0.662. The van der Waals surface area contributed by atoms with Crippen molar-refractivity contribution in [3.63, 3.8) is 0 Å². The van der Waals surface area contributed by atoms with Gasteiger partial charge in [-0.1, -0.05) is 0 Å². The molecule has 0 aromatic heterocycles. The molecular weight excluding hydrogens is 146 g/mol. The van der Waals surface area contributed by atoms with Crippen molar-refractivity contribution < 1.29 is 17.4 Å². The van der Waals surface area contributed by atoms with E-state index in [4.69, 9.17) is 15.9 Å². The molecule has 4 heteroatoms. The van der Waals surface area contributed by atoms with Crippen LogP contribution in [0.2, 0.25) is 0 Å². The van der Waals surface area contributed by atoms with E-state index in [1.165, 1.54) is 0 Å². The average Bonchev–Trinajstić information content (AvgIpc) is 1.37. The van der Waals surface area contributed by atoms with Gasteiger partial charge >= 0.3 is 17.4 Å². The summed E-state index contributed by atoms with van der Waals surface area (Å²) in [4.78, 5) is 0. The molecular formula is CClCrNS+3. The van der Waals surface area contributed by atoms with Crippen molar-refractivity contribution in [2.75, 3.05) is 0 Å². The quantitative estimate of drug-likeness (QED) is 0.481. The van der Waals surface area contributed by atoms with Gasteiger partial charge in [-0.05, 0) is 10.7 Å². The normalized spacial score (nSPS) is 4.00. The van der Waals surface area contributed by atoms with E-state index in [0.29, 0.717) is 11.0 Å². The fourth-order valence-electron chi connectivity index (χ4n) is 0. The third kappa shape index (κ3) is 12.0. The van der Waals surface area contributed by atoms with Crippen LogP contribution in [-0.2, 0) is 17.4 Å². The van der Waals surface area contributed by atoms with Gasteiger partial charge in [0.25, 0.3) is 0 Å². The molecule has 0 aliphatic rings. The third-order valence-corrected chi connectivity index (χ3v) is 0.311. The molecule has 25 valence electrons. The standard InChI is InChI=1S/CClNS.Cr/c2-4-1-3;/q;+3. The second-order valence-corrected chi connectivity index (χ2v) is 0.968. The number of rotatable bonds is 0. The Morgan fingerprint density at radius 1 is 1.80 bits per heavy atom. The predicted octanol–water partition coefficient (Wildman–Crippen LogP) is 1.35. The van der Waals surface area contributed by atoms with E-state index in [0.717, 1.165) is 0 Å². The van der Waals surface area contributed by atoms with Crippen LogP contribution >= 0.6 is 21.7 Å². The van der Waals surface area contributed by atoms with Gasteiger partial charge in [0, 0.05) is 0 Å². The van der Waals surface area contributed by atoms with Crippen molar-refractivity contribution in [1.82, 2.24) is 0 Å². The van der Waals surface area contributed by atoms with Crippen LogP contribution < -0.4 is 0 Å². The first-order chi connectivity index (χ1) is 1.91. The van der Waals surface area contributed by atoms with Crippen molar-refractivity contribution in [3.05, 3.63) is 0 Å². The van der Waals surface area contributed by atoms with Gasteiger partial charge in [0.05, 0.1) is 11.0 Å². The van der Waals surface area contributed by atoms with E-state index in [1.54, 1.807) is 5.40 Å². The molecule has 0 aliphatic carbocycles. The van der Waals surface area contributed by atoms with Gasteiger partial charge in [-0.15, -0.1) is 0 Å². The van der Waals surface area contributed by atoms with Crippen LogP contribution in [0.1, 0.15) is 0 Å². The molecule has 0 saturated heterocycles. The van der Waals surface area contributed by atoms with Crippen molar-refractivity contribution >= 4 is 21.7 Å². The van der Waals surface area contributed by atoms with Crippen LogP contribution in [0, 0.1) is 10.7 Å². The minimum absolute atomic E-state index is 0. The molecule has 0 aliphatic heterocycles. The Morgan fingerprint density at radius 2 is 2.00 bits per heavy atom. The minimum Gasteiger partial charge on any atom is -0.184 e. The molecule has 0 atom stereocenters. The van der Waals surface area contributed by atoms with E-state index in [1.807, 2.05) is 0 Å². The molecule has 0 amide bonds. The zero-order valence-corrected chi connectivity index (χ0v) is 4.99. The summed E-state index contributed by atoms with van der Waals surface area (Å²) in [7, 11) is 5.38. The summed E-state index contributed by atoms with van der Waals surface area (Å²) in [6.07, 6.45) is 0. The van der Waals surface area contributed by atoms with Gasteiger partial charge in [0.2, 0.25) is 0 Å². The fraction of sp³-hybridized carbons (Fsp3) is 0. The van der Waals surface area contributed by atoms with Gasteiger partial charge in [0.15, 0.2) is 0 Å². The van der Waals surface area contributed by atoms with Gasteiger partial charge in [-0.2, -0.15) is 5.26 Å². The zero-order chi connectivity index (χ0) is 3.41. The molecule has 0 unspecified atom stereocenters. The molecule has 0 bridgehead atoms. The van der Waals surface area contributed by atoms with Crippen molar-refractivity contribution in [2.45, 2.75) is 0 Å². The summed E-state index contributed by atoms with van der Waals surface area (Å²) in [6, 6.07) is 0. The first-order valence-corrected chi connectivity index (χ1v) is 2.22. The summed E-state index contributed by atoms with van der Waals surface area (Å²) in [5.41, 5.74) is 0. The van der Waals surface area contributed by atoms with Crippen LogP contribution in [0.25, 0.3) is 0 Å². The number of hydrogen-bond donors (Lipinski definition) is 0. The Labute approximate surface area is 49.9 Å². The van der Waals surface area contributed by atoms with Gasteiger partial charge in [-0.3, -0.25) is 0 Å². The SMILES string of the molecule is N#CSCl.[Cr+3]. The van der Waals surface area contributed by atoms with Crippen molar-refractivity contribution in [1.29, 1.82) is 5.26 Å². The second-order valence-electron chi connectivity index (χ2n) is 0.168. The van der Waals surface area contributed by atoms with E-state index in [2.05, 4.69) is 0 Å². The summed E-state index contributed by atoms with van der Waals surface area (Å²) in [5, 5.41) is 9.07. The topological polar surface area (TPSA) is 23.8 Å². The predicted molar refractivity (Wildman–Crippen MR) is 19.1 cm³/mol. The van der Waals surface area contributed by atoms with Gasteiger partial charge in [-0.25, -0.2) is 0 Å². The maximum Gasteiger partial charge on any atom is 3.00 e. The van der Waals surface area contributed by atoms with Crippen molar-refractivity contribution in [3.8, 4) is 5.40 Å². The van der Waals surface area contributed by atoms with Crippen LogP contribution in [-0.4, -0.2) is 0 Å². The van der Waals surface area contributed by atoms with Gasteiger partial charge in [0.1, 0.15) is 5.40 Å². The third-order valence-electron chi connectivity index (χ3n) is 0.0345. The minimum atomic E-state index is 0. The molecule has 0 aromatic rings. The Balaban J connectivity index is 0. The molecule has 0 saturated carbocycles. The molecule has 0 heterocycles. The summed E-state index contributed by atoms with van der Waals surface area (Å²) < 4.78 is 0. The monoisotopic (exact) mass is 145 g/mol. The number of nitrogens with zero attached hydrogens (tertiary/aromatic N) is 1. The average molecular weight is 146 g/mol. The smallest absolute Gasteiger partial charge is 0.184 e. The second kappa shape index (κ2) is 8.82. The van der Waals surface area contributed by atoms with Crippen LogP contribution in [0.5, 0.6) is 0 Å². The largest absolute Gasteiger partial charge is 3.00 e. The van der Waals surface area contributed by atoms with E-state index < -0.39 is 0 Å². The molecule has 1 radical (unpaired) electrons. The van der Waals surface area contributed by atoms with E-state index >= 15 is 0 Å². The summed E-state index contributed by atoms with van der Waals surface area (Å²) in [6.45, 7) is 0. The Bertz CT molecular complexity index is 41.4. The Morgan fingerprint density at radius 3 is 2.00 bits per heavy atom. The number of thiocyanates is 1. The number of halogens is 1. The molecule has 0 N–H and O–H groups in total. The summed E-state index contributed by atoms with van der Waals surface area (Å²) >= 11 is 0. The maximum atomic E-state index is 7.46. The fourth-order valence-corrected chi connectivity index (χ4v) is 0. The van der Waals surface area contributed by atoms with Crippen LogP contribution in [0.3, 0.4) is 0 Å². The zero-order valence-electron chi connectivity index (χ0n) is 2.14. The van der Waals surface area contributed by atoms with E-state index in [9.17, 15) is 0 Å². The van der Waals surface area contributed by atoms with Crippen LogP contribution in [0.4, 0.5) is 0 Å². The van der Waals surface area contributed by atoms with Crippen LogP contribution in [0.15, 0.2) is 0 Å². The molecule has 0 fully saturated rings. The molecule has 0 rings (SSSR count). The van der Waals surface area contributed by atoms with E-state index in [-0.39, 0.29) is 17.4 Å². The first kappa shape index (κ1) is 9.18. The molecule has 1 nitrogen and oxygen atoms in total. The Kier molecular flexibility index (Phi) is 16.2. The number of nitriles is 1. The van der Waals surface area contributed by atoms with Crippen molar-refractivity contribution in [2.24, 2.45) is 0 Å². The molecule has 0 aromatic carbocycles. The molecule has 5 heavy (non-hydrogen) atoms. The summed E-state index contributed by atoms with van der Waals surface area (Å²) in [5.74, 6) is 0. The van der Waals surface area contributed by atoms with Gasteiger partial charge < -0.3 is 0 Å². The maximum absolute atomic E-state index is 7.46. The molecule has 0 spiro atoms. The first-order valence-electron chi connectivity index (χ1n) is 0.582. The number of hydrogen-bond acceptors (Lipinski definition) is 2.